The van der Waals surface area contributed by atoms with Crippen LogP contribution in [0.5, 0.6) is 0 Å². The van der Waals surface area contributed by atoms with Gasteiger partial charge < -0.3 is 10.6 Å². The third-order valence-corrected chi connectivity index (χ3v) is 1.77. The lowest BCUT2D eigenvalue weighted by atomic mass is 10.2. The number of rotatable bonds is 6. The molecule has 0 heterocycles. The fourth-order valence-electron chi connectivity index (χ4n) is 0.975. The van der Waals surface area contributed by atoms with Crippen molar-refractivity contribution < 1.29 is 4.79 Å². The number of carbonyl (C=O) groups is 1. The van der Waals surface area contributed by atoms with Gasteiger partial charge in [0.05, 0.1) is 6.04 Å². The molecule has 1 atom stereocenters. The van der Waals surface area contributed by atoms with Crippen LogP contribution in [0.15, 0.2) is 25.3 Å². The van der Waals surface area contributed by atoms with E-state index in [0.717, 1.165) is 0 Å². The van der Waals surface area contributed by atoms with E-state index in [1.54, 1.807) is 17.1 Å². The maximum atomic E-state index is 11.6. The van der Waals surface area contributed by atoms with Gasteiger partial charge >= 0.3 is 0 Å². The molecule has 0 aromatic carbocycles. The van der Waals surface area contributed by atoms with Gasteiger partial charge in [-0.25, -0.2) is 0 Å². The van der Waals surface area contributed by atoms with Gasteiger partial charge in [-0.3, -0.25) is 4.79 Å². The van der Waals surface area contributed by atoms with Crippen LogP contribution < -0.4 is 5.73 Å². The van der Waals surface area contributed by atoms with E-state index in [1.807, 2.05) is 6.92 Å². The van der Waals surface area contributed by atoms with Crippen LogP contribution in [0.25, 0.3) is 0 Å². The number of amides is 1. The molecule has 3 nitrogen and oxygen atoms in total. The van der Waals surface area contributed by atoms with E-state index in [-0.39, 0.29) is 5.91 Å². The molecule has 0 spiro atoms. The molecule has 0 fully saturated rings. The quantitative estimate of drug-likeness (QED) is 0.621. The van der Waals surface area contributed by atoms with Crippen molar-refractivity contribution in [3.63, 3.8) is 0 Å². The van der Waals surface area contributed by atoms with Crippen LogP contribution in [0, 0.1) is 0 Å². The molecule has 0 saturated carbocycles. The lowest BCUT2D eigenvalue weighted by molar-refractivity contribution is -0.131. The number of nitrogens with two attached hydrogens (primary N) is 1. The van der Waals surface area contributed by atoms with Crippen LogP contribution in [-0.2, 0) is 4.79 Å². The monoisotopic (exact) mass is 182 g/mol. The highest BCUT2D eigenvalue weighted by atomic mass is 16.2. The van der Waals surface area contributed by atoms with Gasteiger partial charge in [-0.1, -0.05) is 19.1 Å². The zero-order valence-corrected chi connectivity index (χ0v) is 8.20. The number of carbonyl (C=O) groups excluding carboxylic acids is 1. The van der Waals surface area contributed by atoms with Crippen LogP contribution in [-0.4, -0.2) is 29.9 Å². The third-order valence-electron chi connectivity index (χ3n) is 1.77. The molecule has 1 amide bonds. The van der Waals surface area contributed by atoms with E-state index >= 15 is 0 Å². The summed E-state index contributed by atoms with van der Waals surface area (Å²) < 4.78 is 0. The molecule has 0 rings (SSSR count). The molecule has 13 heavy (non-hydrogen) atoms. The van der Waals surface area contributed by atoms with Gasteiger partial charge in [0, 0.05) is 13.1 Å². The van der Waals surface area contributed by atoms with Crippen molar-refractivity contribution in [3.8, 4) is 0 Å². The Bertz CT molecular complexity index is 179. The van der Waals surface area contributed by atoms with Crippen LogP contribution in [0.3, 0.4) is 0 Å². The normalized spacial score (nSPS) is 11.8. The Morgan fingerprint density at radius 2 is 1.92 bits per heavy atom. The predicted molar refractivity (Wildman–Crippen MR) is 55.2 cm³/mol. The van der Waals surface area contributed by atoms with Crippen LogP contribution >= 0.6 is 0 Å². The molecule has 0 saturated heterocycles. The average Bonchev–Trinajstić information content (AvgIpc) is 2.15. The van der Waals surface area contributed by atoms with E-state index in [2.05, 4.69) is 13.2 Å². The van der Waals surface area contributed by atoms with Crippen LogP contribution in [0.1, 0.15) is 13.3 Å². The third kappa shape index (κ3) is 3.90. The Kier molecular flexibility index (Phi) is 5.89. The van der Waals surface area contributed by atoms with Gasteiger partial charge in [0.1, 0.15) is 0 Å². The molecule has 0 radical (unpaired) electrons. The fraction of sp³-hybridized carbons (Fsp3) is 0.500. The van der Waals surface area contributed by atoms with Gasteiger partial charge in [0.2, 0.25) is 5.91 Å². The molecular weight excluding hydrogens is 164 g/mol. The largest absolute Gasteiger partial charge is 0.334 e. The van der Waals surface area contributed by atoms with Crippen molar-refractivity contribution in [2.45, 2.75) is 19.4 Å². The molecule has 0 aromatic rings. The minimum absolute atomic E-state index is 0.0395. The molecule has 0 aliphatic carbocycles. The van der Waals surface area contributed by atoms with Gasteiger partial charge in [0.25, 0.3) is 0 Å². The Labute approximate surface area is 79.9 Å². The van der Waals surface area contributed by atoms with E-state index < -0.39 is 6.04 Å². The zero-order chi connectivity index (χ0) is 10.3. The summed E-state index contributed by atoms with van der Waals surface area (Å²) >= 11 is 0. The minimum Gasteiger partial charge on any atom is -0.334 e. The van der Waals surface area contributed by atoms with Crippen molar-refractivity contribution in [1.82, 2.24) is 4.90 Å². The molecule has 0 aliphatic heterocycles. The molecule has 0 aromatic heterocycles. The Balaban J connectivity index is 4.25. The molecule has 3 heteroatoms. The summed E-state index contributed by atoms with van der Waals surface area (Å²) in [5.74, 6) is -0.0395. The lowest BCUT2D eigenvalue weighted by Gasteiger charge is -2.22. The smallest absolute Gasteiger partial charge is 0.240 e. The van der Waals surface area contributed by atoms with Gasteiger partial charge in [-0.05, 0) is 6.42 Å². The van der Waals surface area contributed by atoms with Gasteiger partial charge in [-0.2, -0.15) is 0 Å². The number of nitrogens with zero attached hydrogens (tertiary/aromatic N) is 1. The summed E-state index contributed by atoms with van der Waals surface area (Å²) in [6.45, 7) is 10.1. The van der Waals surface area contributed by atoms with E-state index in [0.29, 0.717) is 19.5 Å². The summed E-state index contributed by atoms with van der Waals surface area (Å²) in [5, 5.41) is 0. The van der Waals surface area contributed by atoms with Crippen molar-refractivity contribution in [2.24, 2.45) is 5.73 Å². The maximum absolute atomic E-state index is 11.6. The van der Waals surface area contributed by atoms with Gasteiger partial charge in [0.15, 0.2) is 0 Å². The maximum Gasteiger partial charge on any atom is 0.240 e. The van der Waals surface area contributed by atoms with E-state index in [4.69, 9.17) is 5.73 Å². The highest BCUT2D eigenvalue weighted by Gasteiger charge is 2.16. The number of hydrogen-bond donors (Lipinski definition) is 1. The van der Waals surface area contributed by atoms with Crippen molar-refractivity contribution in [3.05, 3.63) is 25.3 Å². The Hall–Kier alpha value is -1.09. The fourth-order valence-corrected chi connectivity index (χ4v) is 0.975. The first-order valence-electron chi connectivity index (χ1n) is 4.43. The Morgan fingerprint density at radius 3 is 2.23 bits per heavy atom. The summed E-state index contributed by atoms with van der Waals surface area (Å²) in [4.78, 5) is 13.2. The SMILES string of the molecule is C=CCN(CC=C)C(=O)[C@@H](N)CC. The topological polar surface area (TPSA) is 46.3 Å². The van der Waals surface area contributed by atoms with Crippen molar-refractivity contribution >= 4 is 5.91 Å². The summed E-state index contributed by atoms with van der Waals surface area (Å²) in [6, 6.07) is -0.403. The molecule has 0 aliphatic rings. The first-order chi connectivity index (χ1) is 6.17. The predicted octanol–water partition coefficient (Wildman–Crippen LogP) is 0.924. The van der Waals surface area contributed by atoms with E-state index in [9.17, 15) is 4.79 Å². The number of hydrogen-bond acceptors (Lipinski definition) is 2. The molecular formula is C10H18N2O. The second kappa shape index (κ2) is 6.43. The minimum atomic E-state index is -0.403. The first kappa shape index (κ1) is 11.9. The van der Waals surface area contributed by atoms with Crippen molar-refractivity contribution in [2.75, 3.05) is 13.1 Å². The highest BCUT2D eigenvalue weighted by molar-refractivity contribution is 5.81. The lowest BCUT2D eigenvalue weighted by Crippen LogP contribution is -2.43. The second-order valence-corrected chi connectivity index (χ2v) is 2.84. The Morgan fingerprint density at radius 1 is 1.46 bits per heavy atom. The second-order valence-electron chi connectivity index (χ2n) is 2.84. The molecule has 2 N–H and O–H groups in total. The summed E-state index contributed by atoms with van der Waals surface area (Å²) in [7, 11) is 0. The average molecular weight is 182 g/mol. The molecule has 74 valence electrons. The van der Waals surface area contributed by atoms with Gasteiger partial charge in [-0.15, -0.1) is 13.2 Å². The zero-order valence-electron chi connectivity index (χ0n) is 8.20. The summed E-state index contributed by atoms with van der Waals surface area (Å²) in [5.41, 5.74) is 5.62. The van der Waals surface area contributed by atoms with Crippen LogP contribution in [0.2, 0.25) is 0 Å². The highest BCUT2D eigenvalue weighted by Crippen LogP contribution is 1.97. The van der Waals surface area contributed by atoms with Crippen molar-refractivity contribution in [1.29, 1.82) is 0 Å². The van der Waals surface area contributed by atoms with E-state index in [1.165, 1.54) is 0 Å². The van der Waals surface area contributed by atoms with Crippen LogP contribution in [0.4, 0.5) is 0 Å². The molecule has 0 bridgehead atoms. The summed E-state index contributed by atoms with van der Waals surface area (Å²) in [6.07, 6.45) is 4.02. The standard InChI is InChI=1S/C10H18N2O/c1-4-7-12(8-5-2)10(13)9(11)6-3/h4-5,9H,1-2,6-8,11H2,3H3/t9-/m0/s1. The molecule has 0 unspecified atom stereocenters. The first-order valence-corrected chi connectivity index (χ1v) is 4.43.